The molecule has 1 saturated carbocycles. The van der Waals surface area contributed by atoms with Gasteiger partial charge in [-0.3, -0.25) is 9.59 Å². The average Bonchev–Trinajstić information content (AvgIpc) is 2.39. The molecule has 110 valence electrons. The number of likely N-dealkylation sites (N-methyl/N-ethyl adjacent to an activating group) is 2. The minimum atomic E-state index is -0.451. The lowest BCUT2D eigenvalue weighted by atomic mass is 9.70. The predicted molar refractivity (Wildman–Crippen MR) is 75.4 cm³/mol. The summed E-state index contributed by atoms with van der Waals surface area (Å²) in [5.41, 5.74) is 5.41. The first-order valence-electron chi connectivity index (χ1n) is 7.17. The molecule has 0 saturated heterocycles. The summed E-state index contributed by atoms with van der Waals surface area (Å²) in [5.74, 6) is 0.573. The van der Waals surface area contributed by atoms with Crippen LogP contribution in [-0.4, -0.2) is 43.4 Å². The smallest absolute Gasteiger partial charge is 0.239 e. The van der Waals surface area contributed by atoms with Gasteiger partial charge in [0.25, 0.3) is 0 Å². The third-order valence-corrected chi connectivity index (χ3v) is 4.18. The Morgan fingerprint density at radius 1 is 1.37 bits per heavy atom. The Kier molecular flexibility index (Phi) is 5.79. The van der Waals surface area contributed by atoms with Crippen LogP contribution in [0.5, 0.6) is 0 Å². The second kappa shape index (κ2) is 6.89. The fourth-order valence-electron chi connectivity index (χ4n) is 2.77. The van der Waals surface area contributed by atoms with Gasteiger partial charge >= 0.3 is 0 Å². The Morgan fingerprint density at radius 3 is 2.42 bits per heavy atom. The van der Waals surface area contributed by atoms with Gasteiger partial charge in [0, 0.05) is 20.1 Å². The van der Waals surface area contributed by atoms with Crippen molar-refractivity contribution in [3.8, 4) is 0 Å². The molecule has 1 aliphatic rings. The van der Waals surface area contributed by atoms with Crippen molar-refractivity contribution in [1.82, 2.24) is 10.2 Å². The largest absolute Gasteiger partial charge is 0.355 e. The van der Waals surface area contributed by atoms with E-state index >= 15 is 0 Å². The molecule has 0 bridgehead atoms. The van der Waals surface area contributed by atoms with Crippen molar-refractivity contribution < 1.29 is 9.59 Å². The molecule has 1 aliphatic carbocycles. The number of carbonyl (C=O) groups is 2. The average molecular weight is 269 g/mol. The standard InChI is InChI=1S/C14H27N3O2/c1-4-16-12(18)9-17(3)13(19)14(10-15)7-5-11(2)6-8-14/h11H,4-10,15H2,1-3H3,(H,16,18). The van der Waals surface area contributed by atoms with Crippen LogP contribution in [0.15, 0.2) is 0 Å². The van der Waals surface area contributed by atoms with Gasteiger partial charge in [0.2, 0.25) is 11.8 Å². The lowest BCUT2D eigenvalue weighted by molar-refractivity contribution is -0.145. The number of nitrogens with zero attached hydrogens (tertiary/aromatic N) is 1. The van der Waals surface area contributed by atoms with Gasteiger partial charge in [0.15, 0.2) is 0 Å². The summed E-state index contributed by atoms with van der Waals surface area (Å²) in [5, 5.41) is 2.71. The van der Waals surface area contributed by atoms with Crippen molar-refractivity contribution in [3.05, 3.63) is 0 Å². The number of rotatable bonds is 5. The Morgan fingerprint density at radius 2 is 1.95 bits per heavy atom. The van der Waals surface area contributed by atoms with Crippen LogP contribution in [0.2, 0.25) is 0 Å². The van der Waals surface area contributed by atoms with E-state index in [0.29, 0.717) is 19.0 Å². The Bertz CT molecular complexity index is 323. The van der Waals surface area contributed by atoms with Crippen molar-refractivity contribution >= 4 is 11.8 Å². The van der Waals surface area contributed by atoms with E-state index in [9.17, 15) is 9.59 Å². The van der Waals surface area contributed by atoms with E-state index in [1.54, 1.807) is 7.05 Å². The maximum atomic E-state index is 12.6. The van der Waals surface area contributed by atoms with E-state index in [1.165, 1.54) is 4.90 Å². The van der Waals surface area contributed by atoms with Gasteiger partial charge in [0.05, 0.1) is 12.0 Å². The summed E-state index contributed by atoms with van der Waals surface area (Å²) in [4.78, 5) is 25.6. The lowest BCUT2D eigenvalue weighted by Gasteiger charge is -2.39. The zero-order chi connectivity index (χ0) is 14.5. The van der Waals surface area contributed by atoms with E-state index < -0.39 is 5.41 Å². The Balaban J connectivity index is 2.65. The molecule has 5 nitrogen and oxygen atoms in total. The molecule has 0 spiro atoms. The molecule has 0 aromatic rings. The number of carbonyl (C=O) groups excluding carboxylic acids is 2. The lowest BCUT2D eigenvalue weighted by Crippen LogP contribution is -2.50. The molecule has 3 N–H and O–H groups in total. The van der Waals surface area contributed by atoms with Crippen molar-refractivity contribution in [1.29, 1.82) is 0 Å². The molecule has 19 heavy (non-hydrogen) atoms. The quantitative estimate of drug-likeness (QED) is 0.773. The van der Waals surface area contributed by atoms with E-state index in [1.807, 2.05) is 6.92 Å². The Labute approximate surface area is 115 Å². The fraction of sp³-hybridized carbons (Fsp3) is 0.857. The van der Waals surface area contributed by atoms with Crippen LogP contribution in [0.25, 0.3) is 0 Å². The predicted octanol–water partition coefficient (Wildman–Crippen LogP) is 0.736. The number of nitrogens with two attached hydrogens (primary N) is 1. The van der Waals surface area contributed by atoms with Crippen LogP contribution < -0.4 is 11.1 Å². The van der Waals surface area contributed by atoms with Gasteiger partial charge in [-0.25, -0.2) is 0 Å². The first-order valence-corrected chi connectivity index (χ1v) is 7.17. The number of hydrogen-bond donors (Lipinski definition) is 2. The summed E-state index contributed by atoms with van der Waals surface area (Å²) < 4.78 is 0. The molecule has 0 aromatic heterocycles. The molecule has 0 radical (unpaired) electrons. The minimum absolute atomic E-state index is 0.0214. The van der Waals surface area contributed by atoms with Gasteiger partial charge in [-0.05, 0) is 38.5 Å². The summed E-state index contributed by atoms with van der Waals surface area (Å²) in [6.45, 7) is 5.15. The molecule has 0 aromatic carbocycles. The van der Waals surface area contributed by atoms with Gasteiger partial charge in [-0.2, -0.15) is 0 Å². The number of nitrogens with one attached hydrogen (secondary N) is 1. The van der Waals surface area contributed by atoms with Gasteiger partial charge < -0.3 is 16.0 Å². The van der Waals surface area contributed by atoms with Crippen LogP contribution in [0.4, 0.5) is 0 Å². The summed E-state index contributed by atoms with van der Waals surface area (Å²) in [7, 11) is 1.69. The normalized spacial score (nSPS) is 26.8. The van der Waals surface area contributed by atoms with E-state index in [-0.39, 0.29) is 18.4 Å². The third kappa shape index (κ3) is 3.93. The maximum Gasteiger partial charge on any atom is 0.239 e. The van der Waals surface area contributed by atoms with Crippen LogP contribution >= 0.6 is 0 Å². The van der Waals surface area contributed by atoms with Crippen LogP contribution in [-0.2, 0) is 9.59 Å². The zero-order valence-corrected chi connectivity index (χ0v) is 12.4. The summed E-state index contributed by atoms with van der Waals surface area (Å²) >= 11 is 0. The first kappa shape index (κ1) is 16.0. The van der Waals surface area contributed by atoms with E-state index in [4.69, 9.17) is 5.73 Å². The van der Waals surface area contributed by atoms with Crippen LogP contribution in [0.3, 0.4) is 0 Å². The second-order valence-corrected chi connectivity index (χ2v) is 5.78. The molecule has 1 rings (SSSR count). The highest BCUT2D eigenvalue weighted by Gasteiger charge is 2.41. The number of amides is 2. The topological polar surface area (TPSA) is 75.4 Å². The van der Waals surface area contributed by atoms with Crippen molar-refractivity contribution in [2.75, 3.05) is 26.7 Å². The third-order valence-electron chi connectivity index (χ3n) is 4.18. The summed E-state index contributed by atoms with van der Waals surface area (Å²) in [6.07, 6.45) is 3.75. The van der Waals surface area contributed by atoms with Crippen molar-refractivity contribution in [3.63, 3.8) is 0 Å². The van der Waals surface area contributed by atoms with Gasteiger partial charge in [0.1, 0.15) is 0 Å². The monoisotopic (exact) mass is 269 g/mol. The van der Waals surface area contributed by atoms with E-state index in [0.717, 1.165) is 25.7 Å². The molecular weight excluding hydrogens is 242 g/mol. The molecule has 1 fully saturated rings. The van der Waals surface area contributed by atoms with E-state index in [2.05, 4.69) is 12.2 Å². The molecule has 0 aliphatic heterocycles. The maximum absolute atomic E-state index is 12.6. The molecule has 5 heteroatoms. The van der Waals surface area contributed by atoms with Gasteiger partial charge in [-0.15, -0.1) is 0 Å². The zero-order valence-electron chi connectivity index (χ0n) is 12.4. The molecular formula is C14H27N3O2. The molecule has 0 unspecified atom stereocenters. The highest BCUT2D eigenvalue weighted by Crippen LogP contribution is 2.39. The van der Waals surface area contributed by atoms with Gasteiger partial charge in [-0.1, -0.05) is 6.92 Å². The van der Waals surface area contributed by atoms with Crippen molar-refractivity contribution in [2.24, 2.45) is 17.1 Å². The highest BCUT2D eigenvalue weighted by molar-refractivity contribution is 5.88. The molecule has 0 atom stereocenters. The molecule has 2 amide bonds. The molecule has 0 heterocycles. The fourth-order valence-corrected chi connectivity index (χ4v) is 2.77. The number of hydrogen-bond acceptors (Lipinski definition) is 3. The first-order chi connectivity index (χ1) is 8.95. The van der Waals surface area contributed by atoms with Crippen LogP contribution in [0.1, 0.15) is 39.5 Å². The second-order valence-electron chi connectivity index (χ2n) is 5.78. The SMILES string of the molecule is CCNC(=O)CN(C)C(=O)C1(CN)CCC(C)CC1. The van der Waals surface area contributed by atoms with Crippen molar-refractivity contribution in [2.45, 2.75) is 39.5 Å². The summed E-state index contributed by atoms with van der Waals surface area (Å²) in [6, 6.07) is 0. The Hall–Kier alpha value is -1.10. The van der Waals surface area contributed by atoms with Crippen LogP contribution in [0, 0.1) is 11.3 Å². The minimum Gasteiger partial charge on any atom is -0.355 e. The highest BCUT2D eigenvalue weighted by atomic mass is 16.2.